The number of hydrogen-bond acceptors (Lipinski definition) is 4. The average Bonchev–Trinajstić information content (AvgIpc) is 2.76. The number of esters is 1. The molecular formula is C21H28N2O4. The molecule has 1 aliphatic heterocycles. The molecule has 6 nitrogen and oxygen atoms in total. The lowest BCUT2D eigenvalue weighted by molar-refractivity contribution is -0.149. The van der Waals surface area contributed by atoms with Crippen molar-refractivity contribution in [3.63, 3.8) is 0 Å². The number of rotatable bonds is 4. The summed E-state index contributed by atoms with van der Waals surface area (Å²) >= 11 is 0. The standard InChI is InChI=1S/C21H28N2O4/c1-14-5-7-16(8-6-14)12-27-17(24)11-23-18(25)21(22-19(23)26)10-15(2)9-20(3,4)13-21/h5-8,15H,9-13H2,1-4H3,(H,22,26)/t15-,21+/m0/s1. The number of imide groups is 1. The molecule has 146 valence electrons. The van der Waals surface area contributed by atoms with Crippen LogP contribution in [0.5, 0.6) is 0 Å². The molecule has 3 rings (SSSR count). The molecule has 0 bridgehead atoms. The number of ether oxygens (including phenoxy) is 1. The van der Waals surface area contributed by atoms with Gasteiger partial charge in [-0.1, -0.05) is 50.6 Å². The van der Waals surface area contributed by atoms with E-state index in [1.165, 1.54) is 0 Å². The van der Waals surface area contributed by atoms with Gasteiger partial charge in [0.2, 0.25) is 0 Å². The smallest absolute Gasteiger partial charge is 0.326 e. The van der Waals surface area contributed by atoms with Gasteiger partial charge in [-0.15, -0.1) is 0 Å². The van der Waals surface area contributed by atoms with Gasteiger partial charge in [-0.25, -0.2) is 4.79 Å². The molecule has 1 spiro atoms. The molecule has 1 saturated carbocycles. The lowest BCUT2D eigenvalue weighted by Crippen LogP contribution is -2.54. The second-order valence-electron chi connectivity index (χ2n) is 8.90. The monoisotopic (exact) mass is 372 g/mol. The summed E-state index contributed by atoms with van der Waals surface area (Å²) in [5, 5.41) is 2.87. The number of benzene rings is 1. The first-order valence-corrected chi connectivity index (χ1v) is 9.46. The van der Waals surface area contributed by atoms with Crippen LogP contribution in [0.25, 0.3) is 0 Å². The maximum atomic E-state index is 13.0. The molecule has 6 heteroatoms. The van der Waals surface area contributed by atoms with Gasteiger partial charge in [-0.3, -0.25) is 14.5 Å². The lowest BCUT2D eigenvalue weighted by Gasteiger charge is -2.43. The fourth-order valence-corrected chi connectivity index (χ4v) is 4.67. The minimum absolute atomic E-state index is 0.0391. The van der Waals surface area contributed by atoms with Crippen molar-refractivity contribution in [1.29, 1.82) is 0 Å². The third-order valence-electron chi connectivity index (χ3n) is 5.43. The average molecular weight is 372 g/mol. The normalized spacial score (nSPS) is 27.0. The Balaban J connectivity index is 1.63. The van der Waals surface area contributed by atoms with Crippen LogP contribution in [0.2, 0.25) is 0 Å². The third-order valence-corrected chi connectivity index (χ3v) is 5.43. The van der Waals surface area contributed by atoms with Crippen LogP contribution in [-0.4, -0.2) is 34.9 Å². The molecule has 1 aromatic rings. The summed E-state index contributed by atoms with van der Waals surface area (Å²) < 4.78 is 5.25. The van der Waals surface area contributed by atoms with Gasteiger partial charge in [0, 0.05) is 0 Å². The molecule has 1 saturated heterocycles. The topological polar surface area (TPSA) is 75.7 Å². The lowest BCUT2D eigenvalue weighted by atomic mass is 9.64. The third kappa shape index (κ3) is 4.15. The molecule has 2 atom stereocenters. The SMILES string of the molecule is Cc1ccc(COC(=O)CN2C(=O)N[C@@]3(C[C@@H](C)CC(C)(C)C3)C2=O)cc1. The van der Waals surface area contributed by atoms with Crippen LogP contribution < -0.4 is 5.32 Å². The molecule has 1 heterocycles. The van der Waals surface area contributed by atoms with Crippen molar-refractivity contribution in [1.82, 2.24) is 10.2 Å². The summed E-state index contributed by atoms with van der Waals surface area (Å²) in [4.78, 5) is 38.6. The van der Waals surface area contributed by atoms with E-state index in [1.807, 2.05) is 31.2 Å². The molecule has 2 fully saturated rings. The van der Waals surface area contributed by atoms with Crippen molar-refractivity contribution in [3.8, 4) is 0 Å². The van der Waals surface area contributed by atoms with Crippen LogP contribution in [0.15, 0.2) is 24.3 Å². The van der Waals surface area contributed by atoms with Crippen LogP contribution in [0.1, 0.15) is 51.2 Å². The summed E-state index contributed by atoms with van der Waals surface area (Å²) in [6.45, 7) is 8.08. The van der Waals surface area contributed by atoms with Crippen molar-refractivity contribution in [2.45, 2.75) is 59.1 Å². The number of carbonyl (C=O) groups excluding carboxylic acids is 3. The number of nitrogens with zero attached hydrogens (tertiary/aromatic N) is 1. The Kier molecular flexibility index (Phi) is 5.02. The Labute approximate surface area is 160 Å². The van der Waals surface area contributed by atoms with E-state index in [-0.39, 0.29) is 24.5 Å². The van der Waals surface area contributed by atoms with Gasteiger partial charge in [0.25, 0.3) is 5.91 Å². The number of aryl methyl sites for hydroxylation is 1. The Morgan fingerprint density at radius 3 is 2.52 bits per heavy atom. The molecule has 1 N–H and O–H groups in total. The van der Waals surface area contributed by atoms with Crippen LogP contribution in [-0.2, 0) is 20.9 Å². The first-order valence-electron chi connectivity index (χ1n) is 9.46. The highest BCUT2D eigenvalue weighted by Crippen LogP contribution is 2.46. The van der Waals surface area contributed by atoms with Crippen molar-refractivity contribution in [2.24, 2.45) is 11.3 Å². The van der Waals surface area contributed by atoms with Gasteiger partial charge in [0.15, 0.2) is 0 Å². The molecule has 1 aliphatic carbocycles. The van der Waals surface area contributed by atoms with Crippen molar-refractivity contribution in [3.05, 3.63) is 35.4 Å². The van der Waals surface area contributed by atoms with Crippen LogP contribution in [0.3, 0.4) is 0 Å². The second kappa shape index (κ2) is 6.98. The van der Waals surface area contributed by atoms with E-state index in [4.69, 9.17) is 4.74 Å². The number of urea groups is 1. The predicted octanol–water partition coefficient (Wildman–Crippen LogP) is 3.18. The highest BCUT2D eigenvalue weighted by atomic mass is 16.5. The molecule has 0 aromatic heterocycles. The van der Waals surface area contributed by atoms with Crippen LogP contribution >= 0.6 is 0 Å². The zero-order chi connectivity index (χ0) is 19.8. The molecule has 3 amide bonds. The van der Waals surface area contributed by atoms with E-state index in [0.29, 0.717) is 18.8 Å². The van der Waals surface area contributed by atoms with Crippen molar-refractivity contribution >= 4 is 17.9 Å². The van der Waals surface area contributed by atoms with Gasteiger partial charge < -0.3 is 10.1 Å². The summed E-state index contributed by atoms with van der Waals surface area (Å²) in [6, 6.07) is 7.15. The Hall–Kier alpha value is -2.37. The summed E-state index contributed by atoms with van der Waals surface area (Å²) in [5.41, 5.74) is 1.06. The van der Waals surface area contributed by atoms with Gasteiger partial charge >= 0.3 is 12.0 Å². The molecule has 1 aromatic carbocycles. The van der Waals surface area contributed by atoms with E-state index in [0.717, 1.165) is 22.4 Å². The van der Waals surface area contributed by atoms with Crippen molar-refractivity contribution < 1.29 is 19.1 Å². The first kappa shape index (κ1) is 19.4. The molecule has 0 radical (unpaired) electrons. The Morgan fingerprint density at radius 1 is 1.22 bits per heavy atom. The van der Waals surface area contributed by atoms with Gasteiger partial charge in [0.05, 0.1) is 0 Å². The first-order chi connectivity index (χ1) is 12.6. The summed E-state index contributed by atoms with van der Waals surface area (Å²) in [6.07, 6.45) is 2.20. The predicted molar refractivity (Wildman–Crippen MR) is 101 cm³/mol. The minimum Gasteiger partial charge on any atom is -0.459 e. The Morgan fingerprint density at radius 2 is 1.89 bits per heavy atom. The number of carbonyl (C=O) groups is 3. The molecule has 2 aliphatic rings. The van der Waals surface area contributed by atoms with Gasteiger partial charge in [0.1, 0.15) is 18.7 Å². The van der Waals surface area contributed by atoms with Gasteiger partial charge in [-0.2, -0.15) is 0 Å². The summed E-state index contributed by atoms with van der Waals surface area (Å²) in [7, 11) is 0. The fourth-order valence-electron chi connectivity index (χ4n) is 4.67. The van der Waals surface area contributed by atoms with Gasteiger partial charge in [-0.05, 0) is 43.1 Å². The highest BCUT2D eigenvalue weighted by molar-refractivity contribution is 6.08. The second-order valence-corrected chi connectivity index (χ2v) is 8.90. The van der Waals surface area contributed by atoms with Crippen molar-refractivity contribution in [2.75, 3.05) is 6.54 Å². The number of hydrogen-bond donors (Lipinski definition) is 1. The molecule has 0 unspecified atom stereocenters. The fraction of sp³-hybridized carbons (Fsp3) is 0.571. The maximum Gasteiger partial charge on any atom is 0.326 e. The zero-order valence-electron chi connectivity index (χ0n) is 16.5. The minimum atomic E-state index is -0.893. The van der Waals surface area contributed by atoms with Crippen LogP contribution in [0.4, 0.5) is 4.79 Å². The van der Waals surface area contributed by atoms with E-state index in [9.17, 15) is 14.4 Å². The van der Waals surface area contributed by atoms with E-state index >= 15 is 0 Å². The molecule has 27 heavy (non-hydrogen) atoms. The Bertz CT molecular complexity index is 756. The number of amides is 3. The van der Waals surface area contributed by atoms with E-state index in [2.05, 4.69) is 26.1 Å². The molecular weight excluding hydrogens is 344 g/mol. The highest BCUT2D eigenvalue weighted by Gasteiger charge is 2.56. The largest absolute Gasteiger partial charge is 0.459 e. The van der Waals surface area contributed by atoms with E-state index in [1.54, 1.807) is 0 Å². The maximum absolute atomic E-state index is 13.0. The van der Waals surface area contributed by atoms with Crippen LogP contribution in [0, 0.1) is 18.3 Å². The van der Waals surface area contributed by atoms with E-state index < -0.39 is 17.5 Å². The number of nitrogens with one attached hydrogen (secondary N) is 1. The zero-order valence-corrected chi connectivity index (χ0v) is 16.5. The quantitative estimate of drug-likeness (QED) is 0.651. The summed E-state index contributed by atoms with van der Waals surface area (Å²) in [5.74, 6) is -0.565.